The molecule has 0 aromatic heterocycles. The minimum Gasteiger partial charge on any atom is -0.493 e. The molecular weight excluding hydrogens is 402 g/mol. The number of ether oxygens (including phenoxy) is 1. The number of hydrogen-bond donors (Lipinski definition) is 4. The molecule has 1 aliphatic rings. The largest absolute Gasteiger partial charge is 0.493 e. The second kappa shape index (κ2) is 12.1. The van der Waals surface area contributed by atoms with Gasteiger partial charge in [-0.2, -0.15) is 0 Å². The quantitative estimate of drug-likeness (QED) is 0.371. The average Bonchev–Trinajstić information content (AvgIpc) is 3.26. The summed E-state index contributed by atoms with van der Waals surface area (Å²) in [4.78, 5) is 2.39. The van der Waals surface area contributed by atoms with E-state index in [4.69, 9.17) is 4.74 Å². The van der Waals surface area contributed by atoms with Gasteiger partial charge in [0.2, 0.25) is 0 Å². The van der Waals surface area contributed by atoms with Gasteiger partial charge in [0.05, 0.1) is 6.61 Å². The van der Waals surface area contributed by atoms with E-state index in [2.05, 4.69) is 48.4 Å². The number of aliphatic hydroxyl groups is 2. The molecule has 1 fully saturated rings. The van der Waals surface area contributed by atoms with E-state index in [1.165, 1.54) is 5.69 Å². The lowest BCUT2D eigenvalue weighted by Gasteiger charge is -2.23. The van der Waals surface area contributed by atoms with Crippen LogP contribution >= 0.6 is 0 Å². The van der Waals surface area contributed by atoms with E-state index in [1.54, 1.807) is 0 Å². The Balaban J connectivity index is 1.50. The summed E-state index contributed by atoms with van der Waals surface area (Å²) in [5.41, 5.74) is 2.87. The SMILES string of the molecule is CCC(CCO)NC1CCN(c2ccc(NC(O)c3ccc(OCC(C)C)cc3)cc2)C1. The molecule has 0 bridgehead atoms. The van der Waals surface area contributed by atoms with Crippen LogP contribution in [0.5, 0.6) is 5.75 Å². The molecule has 0 aliphatic carbocycles. The van der Waals surface area contributed by atoms with Crippen molar-refractivity contribution in [2.45, 2.75) is 58.3 Å². The van der Waals surface area contributed by atoms with Gasteiger partial charge in [-0.3, -0.25) is 0 Å². The molecule has 1 aliphatic heterocycles. The van der Waals surface area contributed by atoms with Gasteiger partial charge in [0.15, 0.2) is 6.23 Å². The molecule has 0 radical (unpaired) electrons. The minimum atomic E-state index is -0.780. The van der Waals surface area contributed by atoms with Gasteiger partial charge in [-0.1, -0.05) is 32.9 Å². The minimum absolute atomic E-state index is 0.234. The molecule has 3 rings (SSSR count). The Labute approximate surface area is 192 Å². The van der Waals surface area contributed by atoms with Crippen molar-refractivity contribution >= 4 is 11.4 Å². The van der Waals surface area contributed by atoms with Crippen molar-refractivity contribution in [1.29, 1.82) is 0 Å². The highest BCUT2D eigenvalue weighted by Crippen LogP contribution is 2.25. The van der Waals surface area contributed by atoms with Crippen LogP contribution in [0.1, 0.15) is 51.8 Å². The summed E-state index contributed by atoms with van der Waals surface area (Å²) in [6, 6.07) is 16.6. The van der Waals surface area contributed by atoms with Crippen LogP contribution in [0.25, 0.3) is 0 Å². The van der Waals surface area contributed by atoms with E-state index in [1.807, 2.05) is 36.4 Å². The highest BCUT2D eigenvalue weighted by molar-refractivity contribution is 5.56. The average molecular weight is 442 g/mol. The number of hydrogen-bond acceptors (Lipinski definition) is 6. The molecule has 1 heterocycles. The summed E-state index contributed by atoms with van der Waals surface area (Å²) >= 11 is 0. The summed E-state index contributed by atoms with van der Waals surface area (Å²) in [6.07, 6.45) is 2.17. The lowest BCUT2D eigenvalue weighted by molar-refractivity contribution is 0.208. The zero-order valence-corrected chi connectivity index (χ0v) is 19.6. The summed E-state index contributed by atoms with van der Waals surface area (Å²) in [5, 5.41) is 26.6. The molecule has 4 N–H and O–H groups in total. The third-order valence-electron chi connectivity index (χ3n) is 5.95. The Morgan fingerprint density at radius 1 is 1.09 bits per heavy atom. The Morgan fingerprint density at radius 3 is 2.44 bits per heavy atom. The van der Waals surface area contributed by atoms with Crippen LogP contribution < -0.4 is 20.3 Å². The molecule has 0 saturated carbocycles. The van der Waals surface area contributed by atoms with Gasteiger partial charge in [-0.15, -0.1) is 0 Å². The van der Waals surface area contributed by atoms with Gasteiger partial charge in [0.25, 0.3) is 0 Å². The highest BCUT2D eigenvalue weighted by Gasteiger charge is 2.24. The van der Waals surface area contributed by atoms with Crippen LogP contribution in [0.4, 0.5) is 11.4 Å². The molecule has 0 spiro atoms. The predicted molar refractivity (Wildman–Crippen MR) is 131 cm³/mol. The van der Waals surface area contributed by atoms with Crippen LogP contribution in [0.2, 0.25) is 0 Å². The van der Waals surface area contributed by atoms with E-state index in [-0.39, 0.29) is 6.61 Å². The Bertz CT molecular complexity index is 795. The fourth-order valence-electron chi connectivity index (χ4n) is 4.04. The lowest BCUT2D eigenvalue weighted by atomic mass is 10.1. The van der Waals surface area contributed by atoms with Gasteiger partial charge in [0.1, 0.15) is 5.75 Å². The Hall–Kier alpha value is -2.28. The Morgan fingerprint density at radius 2 is 1.81 bits per heavy atom. The molecule has 2 aromatic carbocycles. The van der Waals surface area contributed by atoms with Crippen molar-refractivity contribution in [3.8, 4) is 5.75 Å². The standard InChI is InChI=1S/C26H39N3O3/c1-4-21(14-16-30)27-23-13-15-29(17-23)24-9-7-22(8-10-24)28-26(31)20-5-11-25(12-6-20)32-18-19(2)3/h5-12,19,21,23,26-28,30-31H,4,13-18H2,1-3H3. The van der Waals surface area contributed by atoms with Crippen molar-refractivity contribution in [2.24, 2.45) is 5.92 Å². The molecule has 3 atom stereocenters. The van der Waals surface area contributed by atoms with Crippen LogP contribution in [0.15, 0.2) is 48.5 Å². The first kappa shape index (κ1) is 24.4. The van der Waals surface area contributed by atoms with Crippen molar-refractivity contribution in [1.82, 2.24) is 5.32 Å². The molecule has 2 aromatic rings. The van der Waals surface area contributed by atoms with Gasteiger partial charge in [-0.05, 0) is 61.6 Å². The number of nitrogens with one attached hydrogen (secondary N) is 2. The number of aliphatic hydroxyl groups excluding tert-OH is 2. The number of nitrogens with zero attached hydrogens (tertiary/aromatic N) is 1. The van der Waals surface area contributed by atoms with Crippen molar-refractivity contribution in [3.63, 3.8) is 0 Å². The third-order valence-corrected chi connectivity index (χ3v) is 5.95. The number of benzene rings is 2. The maximum Gasteiger partial charge on any atom is 0.150 e. The molecule has 6 nitrogen and oxygen atoms in total. The van der Waals surface area contributed by atoms with Crippen molar-refractivity contribution in [3.05, 3.63) is 54.1 Å². The van der Waals surface area contributed by atoms with Crippen LogP contribution in [0.3, 0.4) is 0 Å². The molecule has 1 saturated heterocycles. The summed E-state index contributed by atoms with van der Waals surface area (Å²) in [6.45, 7) is 9.31. The van der Waals surface area contributed by atoms with E-state index in [0.717, 1.165) is 49.4 Å². The summed E-state index contributed by atoms with van der Waals surface area (Å²) in [7, 11) is 0. The molecule has 6 heteroatoms. The normalized spacial score (nSPS) is 18.1. The molecule has 176 valence electrons. The molecule has 0 amide bonds. The first-order valence-corrected chi connectivity index (χ1v) is 11.9. The maximum absolute atomic E-state index is 10.6. The topological polar surface area (TPSA) is 77.0 Å². The van der Waals surface area contributed by atoms with Crippen molar-refractivity contribution < 1.29 is 14.9 Å². The smallest absolute Gasteiger partial charge is 0.150 e. The van der Waals surface area contributed by atoms with Crippen molar-refractivity contribution in [2.75, 3.05) is 36.5 Å². The van der Waals surface area contributed by atoms with Gasteiger partial charge in [-0.25, -0.2) is 0 Å². The van der Waals surface area contributed by atoms with Gasteiger partial charge in [0, 0.05) is 48.7 Å². The zero-order valence-electron chi connectivity index (χ0n) is 19.6. The van der Waals surface area contributed by atoms with Crippen LogP contribution in [-0.4, -0.2) is 48.6 Å². The maximum atomic E-state index is 10.6. The second-order valence-corrected chi connectivity index (χ2v) is 9.08. The van der Waals surface area contributed by atoms with Crippen LogP contribution in [0, 0.1) is 5.92 Å². The summed E-state index contributed by atoms with van der Waals surface area (Å²) in [5.74, 6) is 1.30. The first-order chi connectivity index (χ1) is 15.5. The van der Waals surface area contributed by atoms with E-state index in [9.17, 15) is 10.2 Å². The molecule has 3 unspecified atom stereocenters. The third kappa shape index (κ3) is 7.12. The summed E-state index contributed by atoms with van der Waals surface area (Å²) < 4.78 is 5.71. The fraction of sp³-hybridized carbons (Fsp3) is 0.538. The number of rotatable bonds is 12. The predicted octanol–water partition coefficient (Wildman–Crippen LogP) is 4.15. The lowest BCUT2D eigenvalue weighted by Crippen LogP contribution is -2.40. The van der Waals surface area contributed by atoms with E-state index in [0.29, 0.717) is 24.6 Å². The van der Waals surface area contributed by atoms with Gasteiger partial charge >= 0.3 is 0 Å². The van der Waals surface area contributed by atoms with Crippen LogP contribution in [-0.2, 0) is 0 Å². The second-order valence-electron chi connectivity index (χ2n) is 9.08. The monoisotopic (exact) mass is 441 g/mol. The molecule has 32 heavy (non-hydrogen) atoms. The fourth-order valence-corrected chi connectivity index (χ4v) is 4.04. The molecular formula is C26H39N3O3. The van der Waals surface area contributed by atoms with Gasteiger partial charge < -0.3 is 30.5 Å². The zero-order chi connectivity index (χ0) is 22.9. The van der Waals surface area contributed by atoms with E-state index >= 15 is 0 Å². The first-order valence-electron chi connectivity index (χ1n) is 11.9. The van der Waals surface area contributed by atoms with E-state index < -0.39 is 6.23 Å². The number of anilines is 2. The Kier molecular flexibility index (Phi) is 9.21. The highest BCUT2D eigenvalue weighted by atomic mass is 16.5.